The van der Waals surface area contributed by atoms with Gasteiger partial charge in [0.15, 0.2) is 16.7 Å². The van der Waals surface area contributed by atoms with Gasteiger partial charge in [0.25, 0.3) is 0 Å². The highest BCUT2D eigenvalue weighted by Gasteiger charge is 2.20. The van der Waals surface area contributed by atoms with E-state index >= 15 is 0 Å². The number of ether oxygens (including phenoxy) is 3. The van der Waals surface area contributed by atoms with Crippen LogP contribution in [-0.2, 0) is 15.9 Å². The highest BCUT2D eigenvalue weighted by atomic mass is 32.1. The zero-order valence-electron chi connectivity index (χ0n) is 21.0. The molecule has 0 spiro atoms. The average molecular weight is 542 g/mol. The van der Waals surface area contributed by atoms with Gasteiger partial charge in [0.05, 0.1) is 19.4 Å². The van der Waals surface area contributed by atoms with Gasteiger partial charge in [-0.3, -0.25) is 0 Å². The molecule has 1 N–H and O–H groups in total. The van der Waals surface area contributed by atoms with Gasteiger partial charge in [-0.2, -0.15) is 0 Å². The molecule has 194 valence electrons. The van der Waals surface area contributed by atoms with Crippen LogP contribution in [0, 0.1) is 11.7 Å². The summed E-state index contributed by atoms with van der Waals surface area (Å²) < 4.78 is 30.2. The molecule has 0 aliphatic rings. The Kier molecular flexibility index (Phi) is 8.86. The molecule has 0 fully saturated rings. The van der Waals surface area contributed by atoms with E-state index in [0.29, 0.717) is 40.3 Å². The lowest BCUT2D eigenvalue weighted by molar-refractivity contribution is 0.0601. The predicted octanol–water partition coefficient (Wildman–Crippen LogP) is 6.83. The Bertz CT molecular complexity index is 1360. The van der Waals surface area contributed by atoms with Gasteiger partial charge in [0.2, 0.25) is 0 Å². The number of aromatic nitrogens is 2. The largest absolute Gasteiger partial charge is 0.488 e. The van der Waals surface area contributed by atoms with Crippen molar-refractivity contribution in [3.8, 4) is 27.4 Å². The highest BCUT2D eigenvalue weighted by Crippen LogP contribution is 2.36. The Morgan fingerprint density at radius 1 is 1.14 bits per heavy atom. The summed E-state index contributed by atoms with van der Waals surface area (Å²) in [7, 11) is 2.90. The number of hydrogen-bond acceptors (Lipinski definition) is 9. The number of pyridine rings is 1. The summed E-state index contributed by atoms with van der Waals surface area (Å²) in [5.41, 5.74) is 2.45. The zero-order chi connectivity index (χ0) is 26.4. The quantitative estimate of drug-likeness (QED) is 0.165. The Balaban J connectivity index is 1.67. The van der Waals surface area contributed by atoms with Crippen molar-refractivity contribution in [3.63, 3.8) is 0 Å². The fourth-order valence-electron chi connectivity index (χ4n) is 3.65. The average Bonchev–Trinajstić information content (AvgIpc) is 3.55. The highest BCUT2D eigenvalue weighted by molar-refractivity contribution is 7.16. The van der Waals surface area contributed by atoms with E-state index in [-0.39, 0.29) is 12.4 Å². The van der Waals surface area contributed by atoms with Crippen molar-refractivity contribution in [2.24, 2.45) is 5.92 Å². The number of carbonyl (C=O) groups is 1. The van der Waals surface area contributed by atoms with Gasteiger partial charge in [-0.25, -0.2) is 19.2 Å². The summed E-state index contributed by atoms with van der Waals surface area (Å²) in [6, 6.07) is 10.5. The van der Waals surface area contributed by atoms with Crippen LogP contribution >= 0.6 is 22.7 Å². The third-order valence-electron chi connectivity index (χ3n) is 5.37. The number of thiazole rings is 1. The Labute approximate surface area is 223 Å². The van der Waals surface area contributed by atoms with Crippen LogP contribution in [0.4, 0.5) is 15.3 Å². The van der Waals surface area contributed by atoms with Gasteiger partial charge in [-0.05, 0) is 48.1 Å². The van der Waals surface area contributed by atoms with Crippen LogP contribution in [0.25, 0.3) is 21.7 Å². The van der Waals surface area contributed by atoms with Crippen LogP contribution in [0.5, 0.6) is 5.75 Å². The summed E-state index contributed by atoms with van der Waals surface area (Å²) in [5.74, 6) is -0.0966. The molecule has 0 atom stereocenters. The molecule has 7 nitrogen and oxygen atoms in total. The maximum absolute atomic E-state index is 14.8. The van der Waals surface area contributed by atoms with E-state index in [0.717, 1.165) is 21.7 Å². The fourth-order valence-corrected chi connectivity index (χ4v) is 5.55. The van der Waals surface area contributed by atoms with Crippen molar-refractivity contribution in [1.29, 1.82) is 0 Å². The maximum Gasteiger partial charge on any atom is 0.341 e. The van der Waals surface area contributed by atoms with Crippen molar-refractivity contribution in [3.05, 3.63) is 64.2 Å². The molecule has 3 heterocycles. The lowest BCUT2D eigenvalue weighted by Crippen LogP contribution is -2.07. The first-order valence-electron chi connectivity index (χ1n) is 11.7. The fraction of sp³-hybridized carbons (Fsp3) is 0.296. The number of methoxy groups -OCH3 is 2. The van der Waals surface area contributed by atoms with Crippen LogP contribution in [0.1, 0.15) is 29.1 Å². The van der Waals surface area contributed by atoms with Gasteiger partial charge in [0.1, 0.15) is 18.0 Å². The molecule has 4 aromatic rings. The normalized spacial score (nSPS) is 11.1. The molecule has 0 bridgehead atoms. The number of benzene rings is 1. The van der Waals surface area contributed by atoms with Gasteiger partial charge in [-0.15, -0.1) is 22.7 Å². The molecule has 0 aliphatic carbocycles. The first-order chi connectivity index (χ1) is 17.9. The van der Waals surface area contributed by atoms with Crippen LogP contribution in [0.15, 0.2) is 48.0 Å². The lowest BCUT2D eigenvalue weighted by atomic mass is 10.0. The lowest BCUT2D eigenvalue weighted by Gasteiger charge is -2.09. The second-order valence-corrected chi connectivity index (χ2v) is 10.6. The molecular formula is C27H28FN3O4S2. The summed E-state index contributed by atoms with van der Waals surface area (Å²) in [6.07, 6.45) is 2.47. The number of halogens is 1. The van der Waals surface area contributed by atoms with E-state index in [2.05, 4.69) is 24.1 Å². The number of nitrogens with one attached hydrogen (secondary N) is 1. The van der Waals surface area contributed by atoms with Crippen molar-refractivity contribution in [2.75, 3.05) is 32.8 Å². The second-order valence-electron chi connectivity index (χ2n) is 8.59. The number of hydrogen-bond donors (Lipinski definition) is 1. The Hall–Kier alpha value is -3.34. The molecule has 1 aromatic carbocycles. The third kappa shape index (κ3) is 6.51. The van der Waals surface area contributed by atoms with Gasteiger partial charge < -0.3 is 19.5 Å². The van der Waals surface area contributed by atoms with E-state index in [4.69, 9.17) is 19.2 Å². The second kappa shape index (κ2) is 12.3. The van der Waals surface area contributed by atoms with E-state index in [1.807, 2.05) is 17.5 Å². The molecule has 0 saturated heterocycles. The van der Waals surface area contributed by atoms with Crippen LogP contribution in [-0.4, -0.2) is 43.4 Å². The van der Waals surface area contributed by atoms with E-state index in [9.17, 15) is 9.18 Å². The summed E-state index contributed by atoms with van der Waals surface area (Å²) in [5, 5.41) is 5.71. The summed E-state index contributed by atoms with van der Waals surface area (Å²) in [6.45, 7) is 4.86. The summed E-state index contributed by atoms with van der Waals surface area (Å²) in [4.78, 5) is 23.8. The molecule has 0 saturated carbocycles. The van der Waals surface area contributed by atoms with Crippen molar-refractivity contribution in [1.82, 2.24) is 9.97 Å². The molecule has 0 radical (unpaired) electrons. The molecule has 4 rings (SSSR count). The minimum atomic E-state index is -0.501. The first-order valence-corrected chi connectivity index (χ1v) is 13.4. The standard InChI is InChI=1S/C27H28FN3O4S2/c1-16(2)12-23-24(17-7-8-21(20(28)14-17)35-10-9-33-3)30-27(37-23)31-25-19(26(32)34-4)13-18(15-29-25)22-6-5-11-36-22/h5-8,11,13-16H,9-10,12H2,1-4H3,(H,29,30,31). The maximum atomic E-state index is 14.8. The van der Waals surface area contributed by atoms with Crippen molar-refractivity contribution < 1.29 is 23.4 Å². The molecule has 0 unspecified atom stereocenters. The predicted molar refractivity (Wildman–Crippen MR) is 146 cm³/mol. The van der Waals surface area contributed by atoms with Gasteiger partial charge >= 0.3 is 5.97 Å². The van der Waals surface area contributed by atoms with Gasteiger partial charge in [-0.1, -0.05) is 19.9 Å². The Morgan fingerprint density at radius 2 is 1.97 bits per heavy atom. The molecule has 37 heavy (non-hydrogen) atoms. The van der Waals surface area contributed by atoms with Gasteiger partial charge in [0, 0.05) is 34.2 Å². The number of thiophene rings is 1. The number of rotatable bonds is 11. The van der Waals surface area contributed by atoms with Crippen molar-refractivity contribution in [2.45, 2.75) is 20.3 Å². The van der Waals surface area contributed by atoms with Crippen LogP contribution < -0.4 is 10.1 Å². The number of esters is 1. The SMILES string of the molecule is COCCOc1ccc(-c2nc(Nc3ncc(-c4cccs4)cc3C(=O)OC)sc2CC(C)C)cc1F. The van der Waals surface area contributed by atoms with E-state index < -0.39 is 11.8 Å². The topological polar surface area (TPSA) is 82.6 Å². The molecule has 0 amide bonds. The van der Waals surface area contributed by atoms with E-state index in [1.165, 1.54) is 24.5 Å². The first kappa shape index (κ1) is 26.7. The van der Waals surface area contributed by atoms with Crippen LogP contribution in [0.2, 0.25) is 0 Å². The monoisotopic (exact) mass is 541 g/mol. The number of anilines is 2. The molecule has 10 heteroatoms. The smallest absolute Gasteiger partial charge is 0.341 e. The Morgan fingerprint density at radius 3 is 2.65 bits per heavy atom. The summed E-state index contributed by atoms with van der Waals surface area (Å²) >= 11 is 3.01. The third-order valence-corrected chi connectivity index (χ3v) is 7.28. The van der Waals surface area contributed by atoms with Crippen molar-refractivity contribution >= 4 is 39.6 Å². The number of nitrogens with zero attached hydrogens (tertiary/aromatic N) is 2. The number of carbonyl (C=O) groups excluding carboxylic acids is 1. The van der Waals surface area contributed by atoms with E-state index in [1.54, 1.807) is 42.8 Å². The zero-order valence-corrected chi connectivity index (χ0v) is 22.7. The molecular weight excluding hydrogens is 513 g/mol. The minimum Gasteiger partial charge on any atom is -0.488 e. The molecule has 3 aromatic heterocycles. The molecule has 0 aliphatic heterocycles. The van der Waals surface area contributed by atoms with Crippen LogP contribution in [0.3, 0.4) is 0 Å². The minimum absolute atomic E-state index is 0.164.